The van der Waals surface area contributed by atoms with Gasteiger partial charge in [-0.25, -0.2) is 9.97 Å². The molecule has 0 spiro atoms. The van der Waals surface area contributed by atoms with E-state index in [1.54, 1.807) is 29.3 Å². The average molecular weight is 364 g/mol. The topological polar surface area (TPSA) is 43.6 Å². The molecular weight excluding hydrogens is 348 g/mol. The van der Waals surface area contributed by atoms with E-state index in [-0.39, 0.29) is 0 Å². The van der Waals surface area contributed by atoms with Crippen molar-refractivity contribution < 1.29 is 0 Å². The number of thioether (sulfide) groups is 1. The first kappa shape index (κ1) is 16.1. The van der Waals surface area contributed by atoms with Gasteiger partial charge in [-0.1, -0.05) is 48.2 Å². The highest BCUT2D eigenvalue weighted by Crippen LogP contribution is 2.36. The minimum Gasteiger partial charge on any atom is -0.320 e. The van der Waals surface area contributed by atoms with Gasteiger partial charge in [0.05, 0.1) is 0 Å². The molecule has 0 aliphatic heterocycles. The van der Waals surface area contributed by atoms with Crippen LogP contribution in [-0.4, -0.2) is 19.5 Å². The smallest absolute Gasteiger partial charge is 0.169 e. The van der Waals surface area contributed by atoms with E-state index >= 15 is 0 Å². The van der Waals surface area contributed by atoms with Crippen molar-refractivity contribution in [3.63, 3.8) is 0 Å². The lowest BCUT2D eigenvalue weighted by molar-refractivity contribution is 0.796. The van der Waals surface area contributed by atoms with E-state index in [0.29, 0.717) is 0 Å². The van der Waals surface area contributed by atoms with Crippen LogP contribution < -0.4 is 0 Å². The van der Waals surface area contributed by atoms with E-state index in [1.807, 2.05) is 42.0 Å². The lowest BCUT2D eigenvalue weighted by Gasteiger charge is -2.05. The van der Waals surface area contributed by atoms with Gasteiger partial charge in [0.25, 0.3) is 0 Å². The molecule has 3 aromatic heterocycles. The summed E-state index contributed by atoms with van der Waals surface area (Å²) in [5.41, 5.74) is 4.34. The van der Waals surface area contributed by atoms with Crippen LogP contribution in [0.3, 0.4) is 0 Å². The van der Waals surface area contributed by atoms with Crippen LogP contribution in [0.2, 0.25) is 0 Å². The summed E-state index contributed by atoms with van der Waals surface area (Å²) in [6, 6.07) is 14.3. The maximum Gasteiger partial charge on any atom is 0.169 e. The molecule has 0 fully saturated rings. The van der Waals surface area contributed by atoms with E-state index < -0.39 is 0 Å². The molecule has 3 heterocycles. The lowest BCUT2D eigenvalue weighted by Crippen LogP contribution is -1.95. The summed E-state index contributed by atoms with van der Waals surface area (Å²) in [7, 11) is 2.06. The first-order valence-corrected chi connectivity index (χ1v) is 9.73. The highest BCUT2D eigenvalue weighted by atomic mass is 32.2. The highest BCUT2D eigenvalue weighted by molar-refractivity contribution is 7.98. The lowest BCUT2D eigenvalue weighted by atomic mass is 10.1. The quantitative estimate of drug-likeness (QED) is 0.473. The van der Waals surface area contributed by atoms with Gasteiger partial charge in [0.15, 0.2) is 5.16 Å². The van der Waals surface area contributed by atoms with Gasteiger partial charge >= 0.3 is 0 Å². The van der Waals surface area contributed by atoms with Gasteiger partial charge in [0.1, 0.15) is 16.4 Å². The van der Waals surface area contributed by atoms with Crippen LogP contribution in [0.1, 0.15) is 5.56 Å². The Bertz CT molecular complexity index is 948. The summed E-state index contributed by atoms with van der Waals surface area (Å²) in [5.74, 6) is 0.838. The standard InChI is InChI=1S/C19H16N4S2/c1-23-17(18-21-10-11-24-18)16(15-7-3-2-4-8-15)22-19(23)25-13-14-6-5-9-20-12-14/h2-12H,13H2,1H3. The highest BCUT2D eigenvalue weighted by Gasteiger charge is 2.19. The van der Waals surface area contributed by atoms with Crippen molar-refractivity contribution in [2.24, 2.45) is 7.05 Å². The molecule has 1 aromatic carbocycles. The zero-order valence-electron chi connectivity index (χ0n) is 13.7. The first-order valence-electron chi connectivity index (χ1n) is 7.86. The monoisotopic (exact) mass is 364 g/mol. The summed E-state index contributed by atoms with van der Waals surface area (Å²) in [6.07, 6.45) is 5.53. The minimum absolute atomic E-state index is 0.838. The van der Waals surface area contributed by atoms with E-state index in [0.717, 1.165) is 32.9 Å². The number of thiazole rings is 1. The Morgan fingerprint density at radius 2 is 1.96 bits per heavy atom. The van der Waals surface area contributed by atoms with Crippen molar-refractivity contribution in [1.82, 2.24) is 19.5 Å². The number of imidazole rings is 1. The number of hydrogen-bond acceptors (Lipinski definition) is 5. The van der Waals surface area contributed by atoms with Gasteiger partial charge in [-0.15, -0.1) is 11.3 Å². The molecular formula is C19H16N4S2. The number of benzene rings is 1. The summed E-state index contributed by atoms with van der Waals surface area (Å²) in [5, 5.41) is 3.97. The molecule has 6 heteroatoms. The van der Waals surface area contributed by atoms with Crippen molar-refractivity contribution in [3.05, 3.63) is 72.0 Å². The minimum atomic E-state index is 0.838. The largest absolute Gasteiger partial charge is 0.320 e. The molecule has 0 amide bonds. The number of rotatable bonds is 5. The summed E-state index contributed by atoms with van der Waals surface area (Å²) in [6.45, 7) is 0. The summed E-state index contributed by atoms with van der Waals surface area (Å²) >= 11 is 3.35. The zero-order valence-corrected chi connectivity index (χ0v) is 15.3. The van der Waals surface area contributed by atoms with Gasteiger partial charge in [0, 0.05) is 42.3 Å². The molecule has 4 aromatic rings. The molecule has 25 heavy (non-hydrogen) atoms. The van der Waals surface area contributed by atoms with E-state index in [1.165, 1.54) is 5.56 Å². The van der Waals surface area contributed by atoms with Crippen molar-refractivity contribution in [2.45, 2.75) is 10.9 Å². The first-order chi connectivity index (χ1) is 12.3. The Labute approximate surface area is 154 Å². The third-order valence-corrected chi connectivity index (χ3v) is 5.71. The van der Waals surface area contributed by atoms with Gasteiger partial charge in [0.2, 0.25) is 0 Å². The Balaban J connectivity index is 1.73. The van der Waals surface area contributed by atoms with Gasteiger partial charge in [-0.05, 0) is 11.6 Å². The fourth-order valence-electron chi connectivity index (χ4n) is 2.62. The maximum absolute atomic E-state index is 4.92. The van der Waals surface area contributed by atoms with Crippen LogP contribution in [0.25, 0.3) is 22.0 Å². The molecule has 0 atom stereocenters. The molecule has 124 valence electrons. The fraction of sp³-hybridized carbons (Fsp3) is 0.105. The molecule has 0 saturated heterocycles. The Morgan fingerprint density at radius 1 is 1.08 bits per heavy atom. The zero-order chi connectivity index (χ0) is 17.1. The Hall–Kier alpha value is -2.44. The van der Waals surface area contributed by atoms with Crippen LogP contribution in [0.15, 0.2) is 71.6 Å². The van der Waals surface area contributed by atoms with E-state index in [9.17, 15) is 0 Å². The van der Waals surface area contributed by atoms with E-state index in [4.69, 9.17) is 4.98 Å². The van der Waals surface area contributed by atoms with Crippen LogP contribution in [0.5, 0.6) is 0 Å². The molecule has 0 radical (unpaired) electrons. The molecule has 0 saturated carbocycles. The number of hydrogen-bond donors (Lipinski definition) is 0. The van der Waals surface area contributed by atoms with Crippen LogP contribution in [-0.2, 0) is 12.8 Å². The molecule has 0 unspecified atom stereocenters. The second kappa shape index (κ2) is 7.21. The van der Waals surface area contributed by atoms with Crippen LogP contribution >= 0.6 is 23.1 Å². The second-order valence-corrected chi connectivity index (χ2v) is 7.34. The van der Waals surface area contributed by atoms with Gasteiger partial charge < -0.3 is 4.57 Å². The Morgan fingerprint density at radius 3 is 2.68 bits per heavy atom. The van der Waals surface area contributed by atoms with Crippen LogP contribution in [0.4, 0.5) is 0 Å². The predicted octanol–water partition coefficient (Wildman–Crippen LogP) is 4.90. The molecule has 0 N–H and O–H groups in total. The normalized spacial score (nSPS) is 10.9. The summed E-state index contributed by atoms with van der Waals surface area (Å²) < 4.78 is 2.14. The molecule has 0 bridgehead atoms. The van der Waals surface area contributed by atoms with Crippen LogP contribution in [0, 0.1) is 0 Å². The van der Waals surface area contributed by atoms with Crippen molar-refractivity contribution in [3.8, 4) is 22.0 Å². The molecule has 4 nitrogen and oxygen atoms in total. The SMILES string of the molecule is Cn1c(SCc2cccnc2)nc(-c2ccccc2)c1-c1nccs1. The predicted molar refractivity (Wildman–Crippen MR) is 104 cm³/mol. The van der Waals surface area contributed by atoms with E-state index in [2.05, 4.69) is 39.8 Å². The number of pyridine rings is 1. The van der Waals surface area contributed by atoms with Crippen molar-refractivity contribution in [1.29, 1.82) is 0 Å². The van der Waals surface area contributed by atoms with Gasteiger partial charge in [-0.3, -0.25) is 4.98 Å². The maximum atomic E-state index is 4.92. The number of aromatic nitrogens is 4. The molecule has 0 aliphatic carbocycles. The number of nitrogens with zero attached hydrogens (tertiary/aromatic N) is 4. The average Bonchev–Trinajstić information content (AvgIpc) is 3.29. The fourth-order valence-corrected chi connectivity index (χ4v) is 4.25. The molecule has 0 aliphatic rings. The van der Waals surface area contributed by atoms with Crippen molar-refractivity contribution >= 4 is 23.1 Å². The van der Waals surface area contributed by atoms with Crippen molar-refractivity contribution in [2.75, 3.05) is 0 Å². The van der Waals surface area contributed by atoms with Gasteiger partial charge in [-0.2, -0.15) is 0 Å². The third kappa shape index (κ3) is 3.36. The molecule has 4 rings (SSSR count). The third-order valence-electron chi connectivity index (χ3n) is 3.83. The Kier molecular flexibility index (Phi) is 4.63. The second-order valence-electron chi connectivity index (χ2n) is 5.50. The summed E-state index contributed by atoms with van der Waals surface area (Å²) in [4.78, 5) is 13.6.